The number of hydrogen-bond acceptors (Lipinski definition) is 3. The highest BCUT2D eigenvalue weighted by molar-refractivity contribution is 5.78. The average molecular weight is 194 g/mol. The van der Waals surface area contributed by atoms with Crippen molar-refractivity contribution in [3.05, 3.63) is 0 Å². The van der Waals surface area contributed by atoms with E-state index in [0.29, 0.717) is 11.8 Å². The van der Waals surface area contributed by atoms with E-state index in [1.807, 2.05) is 6.07 Å². The van der Waals surface area contributed by atoms with Gasteiger partial charge in [0.25, 0.3) is 0 Å². The van der Waals surface area contributed by atoms with Crippen LogP contribution in [0.4, 0.5) is 0 Å². The molecule has 0 aromatic heterocycles. The van der Waals surface area contributed by atoms with Crippen LogP contribution in [0.3, 0.4) is 0 Å². The summed E-state index contributed by atoms with van der Waals surface area (Å²) < 4.78 is 5.38. The number of nitriles is 1. The fourth-order valence-electron chi connectivity index (χ4n) is 2.27. The van der Waals surface area contributed by atoms with Crippen molar-refractivity contribution in [3.63, 3.8) is 0 Å². The average Bonchev–Trinajstić information content (AvgIpc) is 2.64. The third-order valence-corrected chi connectivity index (χ3v) is 3.14. The number of ether oxygens (including phenoxy) is 1. The Balaban J connectivity index is 1.91. The number of amides is 1. The van der Waals surface area contributed by atoms with Gasteiger partial charge in [-0.15, -0.1) is 0 Å². The third-order valence-electron chi connectivity index (χ3n) is 3.14. The van der Waals surface area contributed by atoms with Gasteiger partial charge in [-0.05, 0) is 12.3 Å². The molecule has 2 aliphatic heterocycles. The lowest BCUT2D eigenvalue weighted by Gasteiger charge is -2.33. The van der Waals surface area contributed by atoms with Gasteiger partial charge < -0.3 is 9.64 Å². The maximum Gasteiger partial charge on any atom is 0.236 e. The minimum Gasteiger partial charge on any atom is -0.381 e. The molecule has 1 amide bonds. The number of fused-ring (bicyclic) bond motifs is 1. The van der Waals surface area contributed by atoms with E-state index in [1.54, 1.807) is 4.90 Å². The molecule has 2 rings (SSSR count). The van der Waals surface area contributed by atoms with Crippen molar-refractivity contribution in [1.29, 1.82) is 5.26 Å². The lowest BCUT2D eigenvalue weighted by molar-refractivity contribution is -0.132. The third kappa shape index (κ3) is 1.73. The SMILES string of the molecule is N#CCC(=O)N1CC[C@H]2COC[C@H]2C1. The normalized spacial score (nSPS) is 30.9. The summed E-state index contributed by atoms with van der Waals surface area (Å²) in [6.07, 6.45) is 1.04. The Morgan fingerprint density at radius 3 is 3.07 bits per heavy atom. The Hall–Kier alpha value is -1.08. The first-order valence-electron chi connectivity index (χ1n) is 5.03. The van der Waals surface area contributed by atoms with Gasteiger partial charge in [0.05, 0.1) is 12.7 Å². The number of carbonyl (C=O) groups excluding carboxylic acids is 1. The summed E-state index contributed by atoms with van der Waals surface area (Å²) in [6, 6.07) is 1.90. The summed E-state index contributed by atoms with van der Waals surface area (Å²) in [5, 5.41) is 8.43. The van der Waals surface area contributed by atoms with E-state index in [9.17, 15) is 4.79 Å². The highest BCUT2D eigenvalue weighted by Gasteiger charge is 2.35. The second-order valence-corrected chi connectivity index (χ2v) is 4.02. The highest BCUT2D eigenvalue weighted by atomic mass is 16.5. The zero-order valence-electron chi connectivity index (χ0n) is 8.11. The van der Waals surface area contributed by atoms with Crippen LogP contribution in [0.15, 0.2) is 0 Å². The predicted molar refractivity (Wildman–Crippen MR) is 49.2 cm³/mol. The van der Waals surface area contributed by atoms with Gasteiger partial charge in [-0.2, -0.15) is 5.26 Å². The summed E-state index contributed by atoms with van der Waals surface area (Å²) in [5.74, 6) is 1.12. The Kier molecular flexibility index (Phi) is 2.69. The second kappa shape index (κ2) is 3.97. The first-order chi connectivity index (χ1) is 6.81. The molecule has 0 N–H and O–H groups in total. The first-order valence-corrected chi connectivity index (χ1v) is 5.03. The first kappa shape index (κ1) is 9.47. The quantitative estimate of drug-likeness (QED) is 0.607. The molecule has 2 atom stereocenters. The molecule has 0 aromatic carbocycles. The Labute approximate surface area is 83.4 Å². The van der Waals surface area contributed by atoms with E-state index in [1.165, 1.54) is 0 Å². The van der Waals surface area contributed by atoms with Crippen LogP contribution in [0.1, 0.15) is 12.8 Å². The van der Waals surface area contributed by atoms with Gasteiger partial charge in [-0.25, -0.2) is 0 Å². The summed E-state index contributed by atoms with van der Waals surface area (Å²) in [6.45, 7) is 3.21. The van der Waals surface area contributed by atoms with Crippen LogP contribution in [0.5, 0.6) is 0 Å². The lowest BCUT2D eigenvalue weighted by atomic mass is 9.88. The molecule has 0 saturated carbocycles. The smallest absolute Gasteiger partial charge is 0.236 e. The van der Waals surface area contributed by atoms with Crippen molar-refractivity contribution in [3.8, 4) is 6.07 Å². The molecule has 0 spiro atoms. The van der Waals surface area contributed by atoms with E-state index < -0.39 is 0 Å². The molecule has 2 aliphatic rings. The van der Waals surface area contributed by atoms with Crippen LogP contribution in [-0.4, -0.2) is 37.1 Å². The van der Waals surface area contributed by atoms with Gasteiger partial charge in [0.1, 0.15) is 6.42 Å². The monoisotopic (exact) mass is 194 g/mol. The summed E-state index contributed by atoms with van der Waals surface area (Å²) in [5.41, 5.74) is 0. The molecule has 76 valence electrons. The van der Waals surface area contributed by atoms with Crippen molar-refractivity contribution >= 4 is 5.91 Å². The molecular weight excluding hydrogens is 180 g/mol. The Bertz CT molecular complexity index is 272. The van der Waals surface area contributed by atoms with Crippen LogP contribution in [-0.2, 0) is 9.53 Å². The lowest BCUT2D eigenvalue weighted by Crippen LogP contribution is -2.43. The van der Waals surface area contributed by atoms with Gasteiger partial charge in [0, 0.05) is 25.6 Å². The summed E-state index contributed by atoms with van der Waals surface area (Å²) in [4.78, 5) is 13.3. The van der Waals surface area contributed by atoms with Gasteiger partial charge in [-0.3, -0.25) is 4.79 Å². The maximum atomic E-state index is 11.4. The standard InChI is InChI=1S/C10H14N2O2/c11-3-1-10(13)12-4-2-8-6-14-7-9(8)5-12/h8-9H,1-2,4-7H2/t8-,9+/m0/s1. The summed E-state index contributed by atoms with van der Waals surface area (Å²) >= 11 is 0. The molecule has 0 aliphatic carbocycles. The Morgan fingerprint density at radius 2 is 2.29 bits per heavy atom. The zero-order valence-corrected chi connectivity index (χ0v) is 8.11. The van der Waals surface area contributed by atoms with Crippen molar-refractivity contribution in [2.75, 3.05) is 26.3 Å². The molecule has 0 radical (unpaired) electrons. The molecule has 4 nitrogen and oxygen atoms in total. The number of rotatable bonds is 1. The van der Waals surface area contributed by atoms with Crippen molar-refractivity contribution in [2.45, 2.75) is 12.8 Å². The molecule has 0 unspecified atom stereocenters. The van der Waals surface area contributed by atoms with Crippen LogP contribution >= 0.6 is 0 Å². The number of hydrogen-bond donors (Lipinski definition) is 0. The highest BCUT2D eigenvalue weighted by Crippen LogP contribution is 2.29. The van der Waals surface area contributed by atoms with Crippen molar-refractivity contribution in [2.24, 2.45) is 11.8 Å². The number of nitrogens with zero attached hydrogens (tertiary/aromatic N) is 2. The molecule has 2 saturated heterocycles. The van der Waals surface area contributed by atoms with Gasteiger partial charge in [-0.1, -0.05) is 0 Å². The van der Waals surface area contributed by atoms with Gasteiger partial charge >= 0.3 is 0 Å². The van der Waals surface area contributed by atoms with E-state index in [-0.39, 0.29) is 12.3 Å². The molecule has 2 heterocycles. The largest absolute Gasteiger partial charge is 0.381 e. The van der Waals surface area contributed by atoms with Crippen molar-refractivity contribution < 1.29 is 9.53 Å². The zero-order chi connectivity index (χ0) is 9.97. The molecule has 4 heteroatoms. The van der Waals surface area contributed by atoms with Crippen LogP contribution in [0.25, 0.3) is 0 Å². The fraction of sp³-hybridized carbons (Fsp3) is 0.800. The maximum absolute atomic E-state index is 11.4. The van der Waals surface area contributed by atoms with E-state index in [4.69, 9.17) is 10.00 Å². The number of carbonyl (C=O) groups is 1. The fourth-order valence-corrected chi connectivity index (χ4v) is 2.27. The Morgan fingerprint density at radius 1 is 1.50 bits per heavy atom. The van der Waals surface area contributed by atoms with Crippen LogP contribution < -0.4 is 0 Å². The van der Waals surface area contributed by atoms with E-state index in [2.05, 4.69) is 0 Å². The van der Waals surface area contributed by atoms with Crippen LogP contribution in [0, 0.1) is 23.2 Å². The van der Waals surface area contributed by atoms with Crippen molar-refractivity contribution in [1.82, 2.24) is 4.90 Å². The predicted octanol–water partition coefficient (Wildman–Crippen LogP) is 0.395. The molecule has 0 aromatic rings. The van der Waals surface area contributed by atoms with E-state index >= 15 is 0 Å². The molecule has 2 fully saturated rings. The van der Waals surface area contributed by atoms with Crippen LogP contribution in [0.2, 0.25) is 0 Å². The number of likely N-dealkylation sites (tertiary alicyclic amines) is 1. The van der Waals surface area contributed by atoms with E-state index in [0.717, 1.165) is 32.7 Å². The second-order valence-electron chi connectivity index (χ2n) is 4.02. The minimum atomic E-state index is -0.0298. The van der Waals surface area contributed by atoms with Gasteiger partial charge in [0.2, 0.25) is 5.91 Å². The van der Waals surface area contributed by atoms with Gasteiger partial charge in [0.15, 0.2) is 0 Å². The topological polar surface area (TPSA) is 53.3 Å². The number of piperidine rings is 1. The molecule has 0 bridgehead atoms. The minimum absolute atomic E-state index is 0.0121. The summed E-state index contributed by atoms with van der Waals surface area (Å²) in [7, 11) is 0. The molecule has 14 heavy (non-hydrogen) atoms. The molecular formula is C10H14N2O2.